The Morgan fingerprint density at radius 2 is 1.80 bits per heavy atom. The normalized spacial score (nSPS) is 24.4. The lowest BCUT2D eigenvalue weighted by Crippen LogP contribution is -2.51. The highest BCUT2D eigenvalue weighted by Gasteiger charge is 2.42. The number of pyridine rings is 1. The molecule has 3 N–H and O–H groups in total. The van der Waals surface area contributed by atoms with Crippen LogP contribution in [0.5, 0.6) is 0 Å². The van der Waals surface area contributed by atoms with Crippen LogP contribution in [-0.2, 0) is 14.3 Å². The third-order valence-corrected chi connectivity index (χ3v) is 7.93. The quantitative estimate of drug-likeness (QED) is 0.367. The number of primary amides is 1. The number of halogens is 3. The summed E-state index contributed by atoms with van der Waals surface area (Å²) in [4.78, 5) is 34.3. The molecule has 3 heterocycles. The summed E-state index contributed by atoms with van der Waals surface area (Å²) in [5, 5.41) is 16.4. The van der Waals surface area contributed by atoms with Crippen molar-refractivity contribution in [2.24, 2.45) is 17.6 Å². The zero-order valence-electron chi connectivity index (χ0n) is 22.2. The number of ether oxygens (including phenoxy) is 1. The molecular formula is C27H34F3N7O3. The first-order valence-corrected chi connectivity index (χ1v) is 13.5. The second-order valence-corrected chi connectivity index (χ2v) is 10.5. The van der Waals surface area contributed by atoms with Crippen molar-refractivity contribution in [3.05, 3.63) is 35.2 Å². The number of amides is 2. The van der Waals surface area contributed by atoms with Crippen molar-refractivity contribution >= 4 is 23.8 Å². The summed E-state index contributed by atoms with van der Waals surface area (Å²) >= 11 is 0. The Labute approximate surface area is 231 Å². The molecule has 1 atom stereocenters. The minimum atomic E-state index is -4.93. The lowest BCUT2D eigenvalue weighted by molar-refractivity contribution is -0.138. The van der Waals surface area contributed by atoms with Gasteiger partial charge in [-0.15, -0.1) is 0 Å². The molecule has 1 aromatic rings. The fourth-order valence-corrected chi connectivity index (χ4v) is 5.72. The van der Waals surface area contributed by atoms with Crippen LogP contribution in [0.3, 0.4) is 0 Å². The van der Waals surface area contributed by atoms with Crippen LogP contribution in [0.4, 0.5) is 19.0 Å². The van der Waals surface area contributed by atoms with Gasteiger partial charge in [-0.3, -0.25) is 9.59 Å². The van der Waals surface area contributed by atoms with E-state index in [1.54, 1.807) is 12.3 Å². The Morgan fingerprint density at radius 3 is 2.35 bits per heavy atom. The molecule has 2 saturated heterocycles. The van der Waals surface area contributed by atoms with Gasteiger partial charge in [-0.05, 0) is 44.2 Å². The Balaban J connectivity index is 1.20. The molecule has 1 saturated carbocycles. The van der Waals surface area contributed by atoms with E-state index in [9.17, 15) is 22.8 Å². The van der Waals surface area contributed by atoms with Crippen molar-refractivity contribution in [2.75, 3.05) is 50.8 Å². The minimum Gasteiger partial charge on any atom is -0.378 e. The number of nitrogens with zero attached hydrogens (tertiary/aromatic N) is 5. The van der Waals surface area contributed by atoms with Gasteiger partial charge in [0.05, 0.1) is 24.0 Å². The number of nitrogens with two attached hydrogens (primary N) is 1. The van der Waals surface area contributed by atoms with Crippen molar-refractivity contribution in [1.82, 2.24) is 14.8 Å². The molecule has 4 rings (SSSR count). The van der Waals surface area contributed by atoms with Crippen LogP contribution >= 0.6 is 0 Å². The summed E-state index contributed by atoms with van der Waals surface area (Å²) in [7, 11) is 0. The SMILES string of the molecule is N#Cc1ccc(N2CCN(C(=O)C3CCC(OCC4CCN(/C(C=N)=C(/C(N)=O)C(F)(F)F)C4)CC3)CC2)nc1. The number of aromatic nitrogens is 1. The van der Waals surface area contributed by atoms with Gasteiger partial charge in [-0.25, -0.2) is 4.98 Å². The second kappa shape index (κ2) is 12.7. The maximum Gasteiger partial charge on any atom is 0.423 e. The zero-order chi connectivity index (χ0) is 28.9. The van der Waals surface area contributed by atoms with Gasteiger partial charge >= 0.3 is 6.18 Å². The van der Waals surface area contributed by atoms with E-state index in [-0.39, 0.29) is 36.9 Å². The zero-order valence-corrected chi connectivity index (χ0v) is 22.2. The number of nitriles is 1. The van der Waals surface area contributed by atoms with Crippen LogP contribution in [0.15, 0.2) is 29.6 Å². The van der Waals surface area contributed by atoms with E-state index < -0.39 is 23.4 Å². The molecule has 1 aromatic heterocycles. The van der Waals surface area contributed by atoms with Gasteiger partial charge in [0.2, 0.25) is 5.91 Å². The lowest BCUT2D eigenvalue weighted by Gasteiger charge is -2.38. The molecule has 40 heavy (non-hydrogen) atoms. The molecule has 216 valence electrons. The Kier molecular flexibility index (Phi) is 9.29. The van der Waals surface area contributed by atoms with Crippen molar-refractivity contribution in [1.29, 1.82) is 10.7 Å². The fraction of sp³-hybridized carbons (Fsp3) is 0.593. The van der Waals surface area contributed by atoms with Crippen LogP contribution < -0.4 is 10.6 Å². The molecule has 3 fully saturated rings. The van der Waals surface area contributed by atoms with Crippen molar-refractivity contribution < 1.29 is 27.5 Å². The van der Waals surface area contributed by atoms with Crippen molar-refractivity contribution in [3.8, 4) is 6.07 Å². The molecule has 1 unspecified atom stereocenters. The van der Waals surface area contributed by atoms with Crippen LogP contribution in [0, 0.1) is 28.6 Å². The largest absolute Gasteiger partial charge is 0.423 e. The van der Waals surface area contributed by atoms with Gasteiger partial charge < -0.3 is 30.6 Å². The minimum absolute atomic E-state index is 0.00786. The van der Waals surface area contributed by atoms with E-state index in [1.807, 2.05) is 11.0 Å². The van der Waals surface area contributed by atoms with Crippen LogP contribution in [0.1, 0.15) is 37.7 Å². The topological polar surface area (TPSA) is 140 Å². The summed E-state index contributed by atoms with van der Waals surface area (Å²) in [6, 6.07) is 5.62. The first-order valence-electron chi connectivity index (χ1n) is 13.5. The van der Waals surface area contributed by atoms with Gasteiger partial charge in [0.1, 0.15) is 17.5 Å². The number of alkyl halides is 3. The Bertz CT molecular complexity index is 1150. The van der Waals surface area contributed by atoms with Gasteiger partial charge in [-0.2, -0.15) is 18.4 Å². The van der Waals surface area contributed by atoms with E-state index in [1.165, 1.54) is 4.90 Å². The van der Waals surface area contributed by atoms with Gasteiger partial charge in [0.15, 0.2) is 0 Å². The summed E-state index contributed by atoms with van der Waals surface area (Å²) in [6.07, 6.45) is 0.677. The van der Waals surface area contributed by atoms with E-state index in [0.717, 1.165) is 31.5 Å². The predicted molar refractivity (Wildman–Crippen MR) is 140 cm³/mol. The number of likely N-dealkylation sites (tertiary alicyclic amines) is 1. The summed E-state index contributed by atoms with van der Waals surface area (Å²) in [6.45, 7) is 3.49. The molecule has 0 spiro atoms. The predicted octanol–water partition coefficient (Wildman–Crippen LogP) is 2.45. The molecular weight excluding hydrogens is 527 g/mol. The highest BCUT2D eigenvalue weighted by molar-refractivity contribution is 5.99. The highest BCUT2D eigenvalue weighted by atomic mass is 19.4. The average molecular weight is 562 g/mol. The molecule has 0 bridgehead atoms. The van der Waals surface area contributed by atoms with Crippen LogP contribution in [0.25, 0.3) is 0 Å². The van der Waals surface area contributed by atoms with Crippen molar-refractivity contribution in [3.63, 3.8) is 0 Å². The number of allylic oxidation sites excluding steroid dienone is 1. The number of nitrogens with one attached hydrogen (secondary N) is 1. The first-order chi connectivity index (χ1) is 19.1. The summed E-state index contributed by atoms with van der Waals surface area (Å²) in [5.74, 6) is -0.705. The maximum atomic E-state index is 13.3. The van der Waals surface area contributed by atoms with Crippen LogP contribution in [0.2, 0.25) is 0 Å². The molecule has 2 amide bonds. The molecule has 2 aliphatic heterocycles. The lowest BCUT2D eigenvalue weighted by atomic mass is 9.86. The number of carbonyl (C=O) groups excluding carboxylic acids is 2. The number of piperazine rings is 1. The number of rotatable bonds is 8. The van der Waals surface area contributed by atoms with E-state index in [2.05, 4.69) is 16.0 Å². The summed E-state index contributed by atoms with van der Waals surface area (Å²) in [5.41, 5.74) is 3.47. The van der Waals surface area contributed by atoms with E-state index >= 15 is 0 Å². The number of anilines is 1. The number of hydrogen-bond donors (Lipinski definition) is 2. The molecule has 1 aliphatic carbocycles. The number of hydrogen-bond acceptors (Lipinski definition) is 8. The highest BCUT2D eigenvalue weighted by Crippen LogP contribution is 2.32. The monoisotopic (exact) mass is 561 g/mol. The Hall–Kier alpha value is -3.66. The van der Waals surface area contributed by atoms with Gasteiger partial charge in [0, 0.05) is 63.5 Å². The van der Waals surface area contributed by atoms with E-state index in [0.29, 0.717) is 51.0 Å². The molecule has 0 aromatic carbocycles. The van der Waals surface area contributed by atoms with Gasteiger partial charge in [-0.1, -0.05) is 0 Å². The Morgan fingerprint density at radius 1 is 1.10 bits per heavy atom. The standard InChI is InChI=1S/C27H34F3N7O3/c28-27(29,30)24(25(33)38)22(14-32)37-8-7-19(16-37)17-40-21-4-2-20(3-5-21)26(39)36-11-9-35(10-12-36)23-6-1-18(13-31)15-34-23/h1,6,14-15,19-21,32H,2-5,7-12,16-17H2,(H2,33,38)/b24-22-,32-14?. The van der Waals surface area contributed by atoms with Gasteiger partial charge in [0.25, 0.3) is 5.91 Å². The molecule has 13 heteroatoms. The maximum absolute atomic E-state index is 13.3. The molecule has 3 aliphatic rings. The second-order valence-electron chi connectivity index (χ2n) is 10.5. The van der Waals surface area contributed by atoms with E-state index in [4.69, 9.17) is 21.1 Å². The average Bonchev–Trinajstić information content (AvgIpc) is 3.42. The molecule has 10 nitrogen and oxygen atoms in total. The third-order valence-electron chi connectivity index (χ3n) is 7.93. The molecule has 0 radical (unpaired) electrons. The number of carbonyl (C=O) groups is 2. The third kappa shape index (κ3) is 6.91. The van der Waals surface area contributed by atoms with Crippen molar-refractivity contribution in [2.45, 2.75) is 44.4 Å². The first kappa shape index (κ1) is 29.3. The summed E-state index contributed by atoms with van der Waals surface area (Å²) < 4.78 is 46.0. The van der Waals surface area contributed by atoms with Crippen LogP contribution in [-0.4, -0.2) is 91.0 Å². The smallest absolute Gasteiger partial charge is 0.378 e. The fourth-order valence-electron chi connectivity index (χ4n) is 5.72.